The maximum Gasteiger partial charge on any atom is 0.255 e. The highest BCUT2D eigenvalue weighted by Gasteiger charge is 2.30. The molecule has 0 spiro atoms. The van der Waals surface area contributed by atoms with Gasteiger partial charge < -0.3 is 15.5 Å². The number of piperazine rings is 1. The van der Waals surface area contributed by atoms with E-state index in [2.05, 4.69) is 0 Å². The molecule has 1 aliphatic carbocycles. The minimum atomic E-state index is -0.119. The van der Waals surface area contributed by atoms with Gasteiger partial charge in [-0.25, -0.2) is 0 Å². The van der Waals surface area contributed by atoms with Crippen LogP contribution in [0.1, 0.15) is 36.0 Å². The monoisotopic (exact) mass is 419 g/mol. The molecule has 1 aromatic rings. The van der Waals surface area contributed by atoms with Crippen molar-refractivity contribution in [3.8, 4) is 0 Å². The summed E-state index contributed by atoms with van der Waals surface area (Å²) in [5, 5.41) is 0.855. The van der Waals surface area contributed by atoms with Crippen LogP contribution in [-0.4, -0.2) is 53.8 Å². The highest BCUT2D eigenvalue weighted by atomic mass is 35.5. The summed E-state index contributed by atoms with van der Waals surface area (Å²) < 4.78 is 0. The van der Waals surface area contributed by atoms with Crippen LogP contribution < -0.4 is 5.73 Å². The van der Waals surface area contributed by atoms with E-state index in [9.17, 15) is 9.59 Å². The third kappa shape index (κ3) is 4.83. The number of hydrogen-bond acceptors (Lipinski definition) is 3. The van der Waals surface area contributed by atoms with E-state index >= 15 is 0 Å². The zero-order valence-corrected chi connectivity index (χ0v) is 16.8. The van der Waals surface area contributed by atoms with E-state index < -0.39 is 0 Å². The summed E-state index contributed by atoms with van der Waals surface area (Å²) in [6.45, 7) is 2.13. The van der Waals surface area contributed by atoms with Crippen molar-refractivity contribution in [1.82, 2.24) is 9.80 Å². The van der Waals surface area contributed by atoms with Crippen molar-refractivity contribution < 1.29 is 9.59 Å². The fraction of sp³-hybridized carbons (Fsp3) is 0.556. The van der Waals surface area contributed by atoms with Gasteiger partial charge >= 0.3 is 0 Å². The van der Waals surface area contributed by atoms with E-state index in [1.54, 1.807) is 23.1 Å². The van der Waals surface area contributed by atoms with Crippen LogP contribution in [0.3, 0.4) is 0 Å². The van der Waals surface area contributed by atoms with E-state index in [-0.39, 0.29) is 30.3 Å². The van der Waals surface area contributed by atoms with Crippen molar-refractivity contribution in [3.63, 3.8) is 0 Å². The molecule has 1 saturated carbocycles. The van der Waals surface area contributed by atoms with Crippen molar-refractivity contribution in [2.75, 3.05) is 26.2 Å². The van der Waals surface area contributed by atoms with Crippen LogP contribution >= 0.6 is 35.6 Å². The van der Waals surface area contributed by atoms with Gasteiger partial charge in [0.2, 0.25) is 5.91 Å². The number of amides is 2. The molecule has 0 bridgehead atoms. The van der Waals surface area contributed by atoms with Crippen LogP contribution in [0.2, 0.25) is 10.0 Å². The fourth-order valence-corrected chi connectivity index (χ4v) is 4.15. The summed E-state index contributed by atoms with van der Waals surface area (Å²) in [7, 11) is 0. The molecule has 2 N–H and O–H groups in total. The molecule has 5 nitrogen and oxygen atoms in total. The second kappa shape index (κ2) is 9.27. The van der Waals surface area contributed by atoms with Gasteiger partial charge in [0.1, 0.15) is 0 Å². The SMILES string of the molecule is Cl.N[C@@H]1CCC[C@H]1CC(=O)N1CCN(C(=O)c2ccc(Cl)cc2Cl)CC1. The number of nitrogens with zero attached hydrogens (tertiary/aromatic N) is 2. The molecule has 2 atom stereocenters. The van der Waals surface area contributed by atoms with E-state index in [4.69, 9.17) is 28.9 Å². The average Bonchev–Trinajstić information content (AvgIpc) is 2.99. The number of carbonyl (C=O) groups excluding carboxylic acids is 2. The van der Waals surface area contributed by atoms with Gasteiger partial charge in [-0.1, -0.05) is 29.6 Å². The number of hydrogen-bond donors (Lipinski definition) is 1. The molecule has 1 heterocycles. The molecular formula is C18H24Cl3N3O2. The Morgan fingerprint density at radius 3 is 2.31 bits per heavy atom. The predicted molar refractivity (Wildman–Crippen MR) is 106 cm³/mol. The van der Waals surface area contributed by atoms with Crippen LogP contribution in [0.25, 0.3) is 0 Å². The molecule has 1 saturated heterocycles. The summed E-state index contributed by atoms with van der Waals surface area (Å²) >= 11 is 12.0. The molecule has 1 aromatic carbocycles. The average molecular weight is 421 g/mol. The highest BCUT2D eigenvalue weighted by Crippen LogP contribution is 2.28. The zero-order chi connectivity index (χ0) is 18.0. The van der Waals surface area contributed by atoms with Gasteiger partial charge in [-0.2, -0.15) is 0 Å². The Balaban J connectivity index is 0.00000243. The van der Waals surface area contributed by atoms with Crippen LogP contribution in [0, 0.1) is 5.92 Å². The number of rotatable bonds is 3. The van der Waals surface area contributed by atoms with E-state index in [0.29, 0.717) is 54.1 Å². The lowest BCUT2D eigenvalue weighted by Crippen LogP contribution is -2.51. The summed E-state index contributed by atoms with van der Waals surface area (Å²) in [6.07, 6.45) is 3.70. The molecule has 2 aliphatic rings. The van der Waals surface area contributed by atoms with Crippen LogP contribution in [-0.2, 0) is 4.79 Å². The van der Waals surface area contributed by atoms with Crippen molar-refractivity contribution in [2.24, 2.45) is 11.7 Å². The molecule has 8 heteroatoms. The Bertz CT molecular complexity index is 663. The second-order valence-corrected chi connectivity index (χ2v) is 7.70. The lowest BCUT2D eigenvalue weighted by molar-refractivity contribution is -0.133. The maximum absolute atomic E-state index is 12.6. The molecule has 0 aromatic heterocycles. The van der Waals surface area contributed by atoms with Crippen LogP contribution in [0.4, 0.5) is 0 Å². The summed E-state index contributed by atoms with van der Waals surface area (Å²) in [4.78, 5) is 28.7. The maximum atomic E-state index is 12.6. The van der Waals surface area contributed by atoms with Gasteiger partial charge in [-0.15, -0.1) is 12.4 Å². The van der Waals surface area contributed by atoms with Gasteiger partial charge in [-0.3, -0.25) is 9.59 Å². The molecule has 3 rings (SSSR count). The molecular weight excluding hydrogens is 397 g/mol. The van der Waals surface area contributed by atoms with E-state index in [1.807, 2.05) is 4.90 Å². The Hall–Kier alpha value is -1.01. The topological polar surface area (TPSA) is 66.6 Å². The smallest absolute Gasteiger partial charge is 0.255 e. The number of carbonyl (C=O) groups is 2. The highest BCUT2D eigenvalue weighted by molar-refractivity contribution is 6.36. The molecule has 1 aliphatic heterocycles. The normalized spacial score (nSPS) is 22.9. The van der Waals surface area contributed by atoms with Gasteiger partial charge in [0.25, 0.3) is 5.91 Å². The molecule has 2 fully saturated rings. The quantitative estimate of drug-likeness (QED) is 0.816. The lowest BCUT2D eigenvalue weighted by atomic mass is 9.99. The molecule has 0 radical (unpaired) electrons. The Morgan fingerprint density at radius 1 is 1.08 bits per heavy atom. The van der Waals surface area contributed by atoms with Crippen molar-refractivity contribution in [3.05, 3.63) is 33.8 Å². The number of nitrogens with two attached hydrogens (primary N) is 1. The predicted octanol–water partition coefficient (Wildman–Crippen LogP) is 3.22. The fourth-order valence-electron chi connectivity index (χ4n) is 3.66. The van der Waals surface area contributed by atoms with Gasteiger partial charge in [0, 0.05) is 43.7 Å². The van der Waals surface area contributed by atoms with E-state index in [1.165, 1.54) is 0 Å². The summed E-state index contributed by atoms with van der Waals surface area (Å²) in [5.41, 5.74) is 6.51. The molecule has 144 valence electrons. The Labute approximate surface area is 170 Å². The minimum absolute atomic E-state index is 0. The molecule has 0 unspecified atom stereocenters. The second-order valence-electron chi connectivity index (χ2n) is 6.86. The minimum Gasteiger partial charge on any atom is -0.339 e. The van der Waals surface area contributed by atoms with Gasteiger partial charge in [-0.05, 0) is 37.0 Å². The standard InChI is InChI=1S/C18H23Cl2N3O2.ClH/c19-13-4-5-14(15(20)11-13)18(25)23-8-6-22(7-9-23)17(24)10-12-2-1-3-16(12)21;/h4-5,11-12,16H,1-3,6-10,21H2;1H/t12-,16+;/m0./s1. The number of benzene rings is 1. The summed E-state index contributed by atoms with van der Waals surface area (Å²) in [5.74, 6) is 0.339. The first kappa shape index (κ1) is 21.3. The Morgan fingerprint density at radius 2 is 1.73 bits per heavy atom. The van der Waals surface area contributed by atoms with Gasteiger partial charge in [0.15, 0.2) is 0 Å². The third-order valence-electron chi connectivity index (χ3n) is 5.24. The largest absolute Gasteiger partial charge is 0.339 e. The first-order valence-electron chi connectivity index (χ1n) is 8.73. The van der Waals surface area contributed by atoms with E-state index in [0.717, 1.165) is 19.3 Å². The molecule has 26 heavy (non-hydrogen) atoms. The van der Waals surface area contributed by atoms with Gasteiger partial charge in [0.05, 0.1) is 10.6 Å². The van der Waals surface area contributed by atoms with Crippen LogP contribution in [0.15, 0.2) is 18.2 Å². The van der Waals surface area contributed by atoms with Crippen molar-refractivity contribution in [2.45, 2.75) is 31.7 Å². The van der Waals surface area contributed by atoms with Crippen molar-refractivity contribution >= 4 is 47.4 Å². The first-order valence-corrected chi connectivity index (χ1v) is 9.49. The zero-order valence-electron chi connectivity index (χ0n) is 14.5. The summed E-state index contributed by atoms with van der Waals surface area (Å²) in [6, 6.07) is 5.02. The Kier molecular flexibility index (Phi) is 7.59. The lowest BCUT2D eigenvalue weighted by Gasteiger charge is -2.35. The molecule has 2 amide bonds. The van der Waals surface area contributed by atoms with Crippen LogP contribution in [0.5, 0.6) is 0 Å². The number of halogens is 3. The first-order chi connectivity index (χ1) is 12.0. The third-order valence-corrected chi connectivity index (χ3v) is 5.78. The van der Waals surface area contributed by atoms with Crippen molar-refractivity contribution in [1.29, 1.82) is 0 Å².